The van der Waals surface area contributed by atoms with E-state index >= 15 is 0 Å². The molecule has 0 fully saturated rings. The van der Waals surface area contributed by atoms with Crippen molar-refractivity contribution in [2.45, 2.75) is 32.9 Å². The summed E-state index contributed by atoms with van der Waals surface area (Å²) in [5.74, 6) is 1.02. The summed E-state index contributed by atoms with van der Waals surface area (Å²) in [6.45, 7) is 9.29. The molecular weight excluding hydrogens is 664 g/mol. The monoisotopic (exact) mass is 690 g/mol. The van der Waals surface area contributed by atoms with Crippen LogP contribution in [0, 0.1) is 0 Å². The standard InChI is InChI=1S/C29H28Br2N2O6S/c1-7-10-38-26-20(31)11-17(12-22(26)37-6)13-23-27(34)33-25(19-14-18(30)8-9-21(19)36-5)24(28(35)39-15(2)3)16(4)32-29(33)40-23/h7-9,11-15,25H,1,10H2,2-6H3/b23-13-/t25-/m1/s1. The van der Waals surface area contributed by atoms with Crippen LogP contribution in [-0.2, 0) is 9.53 Å². The summed E-state index contributed by atoms with van der Waals surface area (Å²) in [4.78, 5) is 32.5. The van der Waals surface area contributed by atoms with Gasteiger partial charge >= 0.3 is 5.97 Å². The second-order valence-electron chi connectivity index (χ2n) is 9.06. The van der Waals surface area contributed by atoms with Crippen LogP contribution in [-0.4, -0.2) is 37.5 Å². The number of methoxy groups -OCH3 is 2. The smallest absolute Gasteiger partial charge is 0.338 e. The van der Waals surface area contributed by atoms with Gasteiger partial charge in [-0.05, 0) is 78.7 Å². The van der Waals surface area contributed by atoms with Crippen LogP contribution in [0.2, 0.25) is 0 Å². The molecule has 0 bridgehead atoms. The van der Waals surface area contributed by atoms with Gasteiger partial charge in [0.25, 0.3) is 5.56 Å². The van der Waals surface area contributed by atoms with Gasteiger partial charge in [-0.1, -0.05) is 39.9 Å². The second kappa shape index (κ2) is 12.6. The Morgan fingerprint density at radius 2 is 1.90 bits per heavy atom. The number of ether oxygens (including phenoxy) is 4. The normalized spacial score (nSPS) is 15.0. The molecule has 0 N–H and O–H groups in total. The van der Waals surface area contributed by atoms with Crippen molar-refractivity contribution < 1.29 is 23.7 Å². The van der Waals surface area contributed by atoms with E-state index in [1.54, 1.807) is 59.3 Å². The summed E-state index contributed by atoms with van der Waals surface area (Å²) in [6.07, 6.45) is 3.05. The van der Waals surface area contributed by atoms with E-state index in [-0.39, 0.29) is 17.2 Å². The molecule has 2 heterocycles. The Bertz CT molecular complexity index is 1690. The van der Waals surface area contributed by atoms with E-state index in [0.717, 1.165) is 4.47 Å². The molecule has 40 heavy (non-hydrogen) atoms. The highest BCUT2D eigenvalue weighted by molar-refractivity contribution is 9.10. The molecule has 1 aromatic heterocycles. The number of nitrogens with zero attached hydrogens (tertiary/aromatic N) is 2. The Hall–Kier alpha value is -3.15. The molecule has 11 heteroatoms. The molecule has 0 spiro atoms. The number of fused-ring (bicyclic) bond motifs is 1. The number of benzene rings is 2. The van der Waals surface area contributed by atoms with Crippen molar-refractivity contribution in [3.8, 4) is 17.2 Å². The fraction of sp³-hybridized carbons (Fsp3) is 0.276. The molecule has 1 aliphatic heterocycles. The zero-order valence-electron chi connectivity index (χ0n) is 22.6. The number of carbonyl (C=O) groups excluding carboxylic acids is 1. The molecule has 3 aromatic rings. The first-order valence-corrected chi connectivity index (χ1v) is 14.7. The fourth-order valence-corrected chi connectivity index (χ4v) is 6.33. The zero-order valence-corrected chi connectivity index (χ0v) is 26.6. The zero-order chi connectivity index (χ0) is 29.1. The molecule has 4 rings (SSSR count). The summed E-state index contributed by atoms with van der Waals surface area (Å²) in [6, 6.07) is 8.27. The van der Waals surface area contributed by atoms with Crippen LogP contribution >= 0.6 is 43.2 Å². The summed E-state index contributed by atoms with van der Waals surface area (Å²) in [7, 11) is 3.10. The van der Waals surface area contributed by atoms with Gasteiger partial charge < -0.3 is 18.9 Å². The lowest BCUT2D eigenvalue weighted by molar-refractivity contribution is -0.143. The van der Waals surface area contributed by atoms with Crippen LogP contribution in [0.15, 0.2) is 73.0 Å². The lowest BCUT2D eigenvalue weighted by atomic mass is 9.95. The molecule has 0 amide bonds. The maximum absolute atomic E-state index is 14.0. The van der Waals surface area contributed by atoms with E-state index in [1.807, 2.05) is 18.2 Å². The number of hydrogen-bond donors (Lipinski definition) is 0. The van der Waals surface area contributed by atoms with Crippen LogP contribution in [0.25, 0.3) is 6.08 Å². The number of halogens is 2. The fourth-order valence-electron chi connectivity index (χ4n) is 4.33. The molecule has 0 unspecified atom stereocenters. The highest BCUT2D eigenvalue weighted by Gasteiger charge is 2.35. The van der Waals surface area contributed by atoms with Gasteiger partial charge in [-0.2, -0.15) is 0 Å². The molecule has 2 aromatic carbocycles. The number of esters is 1. The van der Waals surface area contributed by atoms with E-state index in [0.29, 0.717) is 54.5 Å². The van der Waals surface area contributed by atoms with Crippen LogP contribution < -0.4 is 29.1 Å². The van der Waals surface area contributed by atoms with Gasteiger partial charge in [-0.15, -0.1) is 0 Å². The van der Waals surface area contributed by atoms with E-state index in [2.05, 4.69) is 43.4 Å². The van der Waals surface area contributed by atoms with Crippen molar-refractivity contribution in [3.63, 3.8) is 0 Å². The van der Waals surface area contributed by atoms with E-state index in [9.17, 15) is 9.59 Å². The van der Waals surface area contributed by atoms with E-state index in [4.69, 9.17) is 18.9 Å². The van der Waals surface area contributed by atoms with Gasteiger partial charge in [0, 0.05) is 10.0 Å². The average molecular weight is 692 g/mol. The predicted molar refractivity (Wildman–Crippen MR) is 162 cm³/mol. The molecule has 1 atom stereocenters. The molecule has 210 valence electrons. The Morgan fingerprint density at radius 3 is 2.55 bits per heavy atom. The average Bonchev–Trinajstić information content (AvgIpc) is 3.20. The Labute approximate surface area is 252 Å². The molecule has 0 saturated heterocycles. The van der Waals surface area contributed by atoms with Crippen LogP contribution in [0.1, 0.15) is 37.9 Å². The van der Waals surface area contributed by atoms with Crippen molar-refractivity contribution in [2.24, 2.45) is 4.99 Å². The number of thiazole rings is 1. The van der Waals surface area contributed by atoms with Gasteiger partial charge in [-0.3, -0.25) is 9.36 Å². The van der Waals surface area contributed by atoms with E-state index < -0.39 is 12.0 Å². The lowest BCUT2D eigenvalue weighted by Crippen LogP contribution is -2.40. The number of hydrogen-bond acceptors (Lipinski definition) is 8. The molecule has 1 aliphatic rings. The van der Waals surface area contributed by atoms with Gasteiger partial charge in [0.1, 0.15) is 18.4 Å². The topological polar surface area (TPSA) is 88.4 Å². The van der Waals surface area contributed by atoms with Crippen LogP contribution in [0.5, 0.6) is 17.2 Å². The maximum Gasteiger partial charge on any atom is 0.338 e. The van der Waals surface area contributed by atoms with Crippen LogP contribution in [0.3, 0.4) is 0 Å². The highest BCUT2D eigenvalue weighted by Crippen LogP contribution is 2.38. The number of allylic oxidation sites excluding steroid dienone is 1. The number of aromatic nitrogens is 1. The van der Waals surface area contributed by atoms with Crippen LogP contribution in [0.4, 0.5) is 0 Å². The minimum absolute atomic E-state index is 0.275. The third-order valence-electron chi connectivity index (χ3n) is 5.97. The summed E-state index contributed by atoms with van der Waals surface area (Å²) >= 11 is 8.29. The van der Waals surface area contributed by atoms with Gasteiger partial charge in [0.2, 0.25) is 0 Å². The van der Waals surface area contributed by atoms with Gasteiger partial charge in [0.05, 0.1) is 40.6 Å². The molecule has 0 aliphatic carbocycles. The first kappa shape index (κ1) is 29.8. The summed E-state index contributed by atoms with van der Waals surface area (Å²) in [5, 5.41) is 0. The molecule has 8 nitrogen and oxygen atoms in total. The largest absolute Gasteiger partial charge is 0.496 e. The van der Waals surface area contributed by atoms with Crippen molar-refractivity contribution in [2.75, 3.05) is 20.8 Å². The van der Waals surface area contributed by atoms with Crippen molar-refractivity contribution in [3.05, 3.63) is 94.0 Å². The van der Waals surface area contributed by atoms with Crippen molar-refractivity contribution in [1.29, 1.82) is 0 Å². The Kier molecular flexibility index (Phi) is 9.37. The van der Waals surface area contributed by atoms with Gasteiger partial charge in [-0.25, -0.2) is 9.79 Å². The quantitative estimate of drug-likeness (QED) is 0.224. The molecular formula is C29H28Br2N2O6S. The summed E-state index contributed by atoms with van der Waals surface area (Å²) in [5.41, 5.74) is 1.78. The second-order valence-corrected chi connectivity index (χ2v) is 11.8. The molecule has 0 radical (unpaired) electrons. The maximum atomic E-state index is 14.0. The number of rotatable bonds is 9. The van der Waals surface area contributed by atoms with Crippen molar-refractivity contribution >= 4 is 55.2 Å². The Balaban J connectivity index is 1.95. The van der Waals surface area contributed by atoms with Gasteiger partial charge in [0.15, 0.2) is 16.3 Å². The molecule has 0 saturated carbocycles. The lowest BCUT2D eigenvalue weighted by Gasteiger charge is -2.26. The minimum atomic E-state index is -0.812. The summed E-state index contributed by atoms with van der Waals surface area (Å²) < 4.78 is 25.9. The van der Waals surface area contributed by atoms with Crippen molar-refractivity contribution in [1.82, 2.24) is 4.57 Å². The number of carbonyl (C=O) groups is 1. The van der Waals surface area contributed by atoms with E-state index in [1.165, 1.54) is 15.9 Å². The minimum Gasteiger partial charge on any atom is -0.496 e. The third kappa shape index (κ3) is 5.96. The highest BCUT2D eigenvalue weighted by atomic mass is 79.9. The predicted octanol–water partition coefficient (Wildman–Crippen LogP) is 5.29. The first-order valence-electron chi connectivity index (χ1n) is 12.3. The first-order chi connectivity index (χ1) is 19.1. The third-order valence-corrected chi connectivity index (χ3v) is 8.03. The SMILES string of the molecule is C=CCOc1c(Br)cc(/C=c2\sc3n(c2=O)[C@H](c2cc(Br)ccc2OC)C(C(=O)OC(C)C)=C(C)N=3)cc1OC. The Morgan fingerprint density at radius 1 is 1.18 bits per heavy atom.